The zero-order valence-electron chi connectivity index (χ0n) is 17.5. The number of nitrogens with one attached hydrogen (secondary N) is 1. The van der Waals surface area contributed by atoms with E-state index in [9.17, 15) is 9.59 Å². The molecule has 0 aliphatic carbocycles. The van der Waals surface area contributed by atoms with Gasteiger partial charge in [0.1, 0.15) is 6.61 Å². The van der Waals surface area contributed by atoms with E-state index in [0.717, 1.165) is 11.2 Å². The van der Waals surface area contributed by atoms with Gasteiger partial charge in [0.2, 0.25) is 5.95 Å². The van der Waals surface area contributed by atoms with Gasteiger partial charge in [-0.3, -0.25) is 14.9 Å². The number of amides is 2. The van der Waals surface area contributed by atoms with Crippen LogP contribution in [0.4, 0.5) is 11.6 Å². The molecule has 3 aromatic rings. The molecule has 1 fully saturated rings. The van der Waals surface area contributed by atoms with Gasteiger partial charge in [-0.15, -0.1) is 0 Å². The number of hydrogen-bond donors (Lipinski definition) is 2. The second-order valence-electron chi connectivity index (χ2n) is 7.44. The van der Waals surface area contributed by atoms with Gasteiger partial charge >= 0.3 is 0 Å². The predicted molar refractivity (Wildman–Crippen MR) is 118 cm³/mol. The zero-order chi connectivity index (χ0) is 22.5. The molecule has 1 saturated heterocycles. The number of nitrogens with zero attached hydrogens (tertiary/aromatic N) is 4. The molecule has 1 aliphatic heterocycles. The Hall–Kier alpha value is -3.74. The summed E-state index contributed by atoms with van der Waals surface area (Å²) in [7, 11) is 0. The fourth-order valence-electron chi connectivity index (χ4n) is 3.68. The number of carbonyl (C=O) groups is 2. The Labute approximate surface area is 184 Å². The highest BCUT2D eigenvalue weighted by Gasteiger charge is 2.22. The van der Waals surface area contributed by atoms with Crippen molar-refractivity contribution in [2.24, 2.45) is 0 Å². The van der Waals surface area contributed by atoms with Gasteiger partial charge in [-0.05, 0) is 49.2 Å². The number of fused-ring (bicyclic) bond motifs is 1. The molecule has 0 radical (unpaired) electrons. The van der Waals surface area contributed by atoms with Gasteiger partial charge in [-0.2, -0.15) is 5.26 Å². The van der Waals surface area contributed by atoms with E-state index in [4.69, 9.17) is 15.1 Å². The van der Waals surface area contributed by atoms with E-state index in [1.807, 2.05) is 28.8 Å². The maximum Gasteiger partial charge on any atom is 0.258 e. The van der Waals surface area contributed by atoms with Crippen molar-refractivity contribution >= 4 is 34.5 Å². The van der Waals surface area contributed by atoms with E-state index in [2.05, 4.69) is 10.3 Å². The second kappa shape index (κ2) is 9.60. The molecule has 0 saturated carbocycles. The predicted octanol–water partition coefficient (Wildman–Crippen LogP) is 2.30. The summed E-state index contributed by atoms with van der Waals surface area (Å²) in [5, 5.41) is 21.1. The number of aliphatic hydroxyl groups excluding tert-OH is 1. The molecule has 0 unspecified atom stereocenters. The number of rotatable bonds is 7. The third-order valence-electron chi connectivity index (χ3n) is 5.30. The Morgan fingerprint density at radius 2 is 2.12 bits per heavy atom. The van der Waals surface area contributed by atoms with Crippen LogP contribution in [0.2, 0.25) is 0 Å². The molecule has 2 heterocycles. The van der Waals surface area contributed by atoms with Crippen LogP contribution in [0.25, 0.3) is 11.0 Å². The first-order valence-electron chi connectivity index (χ1n) is 10.4. The van der Waals surface area contributed by atoms with Gasteiger partial charge in [-0.1, -0.05) is 6.07 Å². The third kappa shape index (κ3) is 4.46. The maximum absolute atomic E-state index is 12.8. The minimum atomic E-state index is -0.371. The molecule has 2 aromatic carbocycles. The summed E-state index contributed by atoms with van der Waals surface area (Å²) < 4.78 is 7.09. The number of hydrogen-bond acceptors (Lipinski definition) is 6. The van der Waals surface area contributed by atoms with Crippen molar-refractivity contribution in [3.05, 3.63) is 53.6 Å². The van der Waals surface area contributed by atoms with Crippen LogP contribution in [0.1, 0.15) is 28.8 Å². The monoisotopic (exact) mass is 433 g/mol. The van der Waals surface area contributed by atoms with E-state index >= 15 is 0 Å². The molecular weight excluding hydrogens is 410 g/mol. The summed E-state index contributed by atoms with van der Waals surface area (Å²) in [4.78, 5) is 31.3. The quantitative estimate of drug-likeness (QED) is 0.552. The second-order valence-corrected chi connectivity index (χ2v) is 7.44. The topological polar surface area (TPSA) is 120 Å². The third-order valence-corrected chi connectivity index (χ3v) is 5.30. The molecule has 2 N–H and O–H groups in total. The molecule has 32 heavy (non-hydrogen) atoms. The maximum atomic E-state index is 12.8. The summed E-state index contributed by atoms with van der Waals surface area (Å²) >= 11 is 0. The number of unbranched alkanes of at least 4 members (excludes halogenated alkanes) is 1. The van der Waals surface area contributed by atoms with Crippen molar-refractivity contribution in [1.29, 1.82) is 5.26 Å². The summed E-state index contributed by atoms with van der Waals surface area (Å²) in [5.74, 6) is -0.107. The van der Waals surface area contributed by atoms with Crippen LogP contribution in [0.3, 0.4) is 0 Å². The summed E-state index contributed by atoms with van der Waals surface area (Å²) in [6.07, 6.45) is 1.33. The summed E-state index contributed by atoms with van der Waals surface area (Å²) in [6.45, 7) is 1.64. The van der Waals surface area contributed by atoms with E-state index in [0.29, 0.717) is 55.1 Å². The molecule has 0 atom stereocenters. The van der Waals surface area contributed by atoms with Gasteiger partial charge in [0.05, 0.1) is 29.3 Å². The number of imidazole rings is 1. The van der Waals surface area contributed by atoms with Crippen molar-refractivity contribution in [1.82, 2.24) is 9.55 Å². The fraction of sp³-hybridized carbons (Fsp3) is 0.304. The summed E-state index contributed by atoms with van der Waals surface area (Å²) in [5.41, 5.74) is 2.94. The number of carbonyl (C=O) groups excluding carboxylic acids is 2. The largest absolute Gasteiger partial charge is 0.396 e. The van der Waals surface area contributed by atoms with Gasteiger partial charge in [0.15, 0.2) is 0 Å². The number of anilines is 2. The zero-order valence-corrected chi connectivity index (χ0v) is 17.5. The molecule has 4 rings (SSSR count). The van der Waals surface area contributed by atoms with E-state index in [1.54, 1.807) is 23.1 Å². The number of morpholine rings is 1. The van der Waals surface area contributed by atoms with Crippen molar-refractivity contribution in [2.75, 3.05) is 36.6 Å². The highest BCUT2D eigenvalue weighted by molar-refractivity contribution is 6.04. The van der Waals surface area contributed by atoms with Crippen molar-refractivity contribution in [3.63, 3.8) is 0 Å². The highest BCUT2D eigenvalue weighted by Crippen LogP contribution is 2.27. The van der Waals surface area contributed by atoms with Crippen LogP contribution in [-0.4, -0.2) is 52.8 Å². The van der Waals surface area contributed by atoms with Gasteiger partial charge in [0, 0.05) is 30.9 Å². The lowest BCUT2D eigenvalue weighted by molar-refractivity contribution is -0.125. The van der Waals surface area contributed by atoms with Crippen molar-refractivity contribution < 1.29 is 19.4 Å². The Morgan fingerprint density at radius 3 is 2.91 bits per heavy atom. The molecule has 9 heteroatoms. The molecule has 164 valence electrons. The van der Waals surface area contributed by atoms with Gasteiger partial charge in [-0.25, -0.2) is 4.98 Å². The average Bonchev–Trinajstić information content (AvgIpc) is 3.15. The van der Waals surface area contributed by atoms with Crippen LogP contribution in [0.5, 0.6) is 0 Å². The molecular formula is C23H23N5O4. The van der Waals surface area contributed by atoms with Crippen LogP contribution in [0, 0.1) is 11.3 Å². The highest BCUT2D eigenvalue weighted by atomic mass is 16.5. The number of ether oxygens (including phenoxy) is 1. The molecule has 9 nitrogen and oxygen atoms in total. The first kappa shape index (κ1) is 21.5. The Kier molecular flexibility index (Phi) is 6.44. The minimum Gasteiger partial charge on any atom is -0.396 e. The summed E-state index contributed by atoms with van der Waals surface area (Å²) in [6, 6.07) is 14.0. The molecule has 0 bridgehead atoms. The van der Waals surface area contributed by atoms with Crippen LogP contribution >= 0.6 is 0 Å². The number of aliphatic hydroxyl groups is 1. The van der Waals surface area contributed by atoms with Crippen LogP contribution < -0.4 is 10.2 Å². The molecule has 1 aliphatic rings. The Balaban J connectivity index is 1.67. The van der Waals surface area contributed by atoms with Crippen molar-refractivity contribution in [3.8, 4) is 6.07 Å². The van der Waals surface area contributed by atoms with E-state index < -0.39 is 0 Å². The van der Waals surface area contributed by atoms with E-state index in [-0.39, 0.29) is 25.0 Å². The normalized spacial score (nSPS) is 13.9. The van der Waals surface area contributed by atoms with E-state index in [1.165, 1.54) is 6.07 Å². The lowest BCUT2D eigenvalue weighted by Crippen LogP contribution is -2.41. The number of aryl methyl sites for hydroxylation is 1. The minimum absolute atomic E-state index is 0.0523. The molecule has 1 aromatic heterocycles. The number of benzene rings is 2. The van der Waals surface area contributed by atoms with Crippen LogP contribution in [0.15, 0.2) is 42.5 Å². The molecule has 2 amide bonds. The number of aromatic nitrogens is 2. The number of nitriles is 1. The smallest absolute Gasteiger partial charge is 0.258 e. The first-order valence-corrected chi connectivity index (χ1v) is 10.4. The lowest BCUT2D eigenvalue weighted by atomic mass is 10.1. The average molecular weight is 433 g/mol. The fourth-order valence-corrected chi connectivity index (χ4v) is 3.68. The van der Waals surface area contributed by atoms with Gasteiger partial charge in [0.25, 0.3) is 11.8 Å². The van der Waals surface area contributed by atoms with Gasteiger partial charge < -0.3 is 19.3 Å². The lowest BCUT2D eigenvalue weighted by Gasteiger charge is -2.26. The molecule has 0 spiro atoms. The van der Waals surface area contributed by atoms with Crippen LogP contribution in [-0.2, 0) is 16.1 Å². The standard InChI is InChI=1S/C23H23N5O4/c24-14-16-4-3-5-17(12-16)22(31)26-23-25-19-13-18(27-9-11-32-15-21(27)30)6-7-20(19)28(23)8-1-2-10-29/h3-7,12-13,29H,1-2,8-11,15H2,(H,25,26,31). The first-order chi connectivity index (χ1) is 15.6. The SMILES string of the molecule is N#Cc1cccc(C(=O)Nc2nc3cc(N4CCOCC4=O)ccc3n2CCCCO)c1. The van der Waals surface area contributed by atoms with Crippen molar-refractivity contribution in [2.45, 2.75) is 19.4 Å². The Bertz CT molecular complexity index is 1200. The Morgan fingerprint density at radius 1 is 1.25 bits per heavy atom.